The van der Waals surface area contributed by atoms with E-state index in [1.54, 1.807) is 24.3 Å². The Balaban J connectivity index is 1.89. The van der Waals surface area contributed by atoms with Gasteiger partial charge in [0.1, 0.15) is 12.0 Å². The predicted molar refractivity (Wildman–Crippen MR) is 78.7 cm³/mol. The Morgan fingerprint density at radius 3 is 2.90 bits per heavy atom. The molecule has 3 heterocycles. The van der Waals surface area contributed by atoms with Crippen molar-refractivity contribution in [3.63, 3.8) is 0 Å². The third kappa shape index (κ3) is 2.78. The van der Waals surface area contributed by atoms with Gasteiger partial charge in [0.05, 0.1) is 17.5 Å². The van der Waals surface area contributed by atoms with E-state index in [0.717, 1.165) is 28.0 Å². The summed E-state index contributed by atoms with van der Waals surface area (Å²) >= 11 is 1.56. The molecule has 0 aliphatic carbocycles. The van der Waals surface area contributed by atoms with E-state index in [-0.39, 0.29) is 0 Å². The normalized spacial score (nSPS) is 10.9. The van der Waals surface area contributed by atoms with Crippen LogP contribution in [0.4, 0.5) is 0 Å². The van der Waals surface area contributed by atoms with Crippen LogP contribution in [-0.4, -0.2) is 19.9 Å². The van der Waals surface area contributed by atoms with Gasteiger partial charge in [-0.3, -0.25) is 4.57 Å². The van der Waals surface area contributed by atoms with Gasteiger partial charge < -0.3 is 8.94 Å². The van der Waals surface area contributed by atoms with Crippen molar-refractivity contribution in [2.45, 2.75) is 24.4 Å². The molecule has 3 aromatic rings. The molecule has 6 nitrogen and oxygen atoms in total. The summed E-state index contributed by atoms with van der Waals surface area (Å²) in [7, 11) is 0. The average Bonchev–Trinajstić information content (AvgIpc) is 3.18. The van der Waals surface area contributed by atoms with Crippen molar-refractivity contribution in [2.75, 3.05) is 0 Å². The van der Waals surface area contributed by atoms with Crippen LogP contribution in [0.1, 0.15) is 11.5 Å². The van der Waals surface area contributed by atoms with Crippen LogP contribution in [-0.2, 0) is 12.3 Å². The second-order valence-electron chi connectivity index (χ2n) is 4.38. The topological polar surface area (TPSA) is 69.9 Å². The summed E-state index contributed by atoms with van der Waals surface area (Å²) in [5.41, 5.74) is 1.81. The first-order valence-corrected chi connectivity index (χ1v) is 7.38. The molecule has 0 fully saturated rings. The largest absolute Gasteiger partial charge is 0.469 e. The van der Waals surface area contributed by atoms with Crippen LogP contribution in [0, 0.1) is 6.92 Å². The molecule has 108 valence electrons. The van der Waals surface area contributed by atoms with Gasteiger partial charge in [0.15, 0.2) is 11.0 Å². The summed E-state index contributed by atoms with van der Waals surface area (Å²) in [6, 6.07) is 3.73. The first-order valence-electron chi connectivity index (χ1n) is 6.40. The molecule has 3 aromatic heterocycles. The lowest BCUT2D eigenvalue weighted by Gasteiger charge is -2.06. The molecule has 0 saturated carbocycles. The van der Waals surface area contributed by atoms with E-state index in [0.29, 0.717) is 12.3 Å². The molecule has 0 unspecified atom stereocenters. The van der Waals surface area contributed by atoms with Gasteiger partial charge in [0, 0.05) is 18.4 Å². The number of aromatic nitrogens is 4. The summed E-state index contributed by atoms with van der Waals surface area (Å²) in [6.07, 6.45) is 5.03. The highest BCUT2D eigenvalue weighted by molar-refractivity contribution is 7.98. The number of hydrogen-bond acceptors (Lipinski definition) is 6. The van der Waals surface area contributed by atoms with Crippen molar-refractivity contribution in [2.24, 2.45) is 0 Å². The Morgan fingerprint density at radius 1 is 1.33 bits per heavy atom. The smallest absolute Gasteiger partial charge is 0.192 e. The van der Waals surface area contributed by atoms with E-state index in [9.17, 15) is 0 Å². The molecule has 0 bridgehead atoms. The molecule has 7 heteroatoms. The highest BCUT2D eigenvalue weighted by Crippen LogP contribution is 2.28. The van der Waals surface area contributed by atoms with Crippen molar-refractivity contribution in [1.82, 2.24) is 19.9 Å². The minimum Gasteiger partial charge on any atom is -0.469 e. The molecule has 0 aromatic carbocycles. The SMILES string of the molecule is C=CCn1c(SCc2ccon2)nnc1-c1ccoc1C. The van der Waals surface area contributed by atoms with E-state index in [1.807, 2.05) is 29.7 Å². The van der Waals surface area contributed by atoms with Gasteiger partial charge in [-0.25, -0.2) is 0 Å². The van der Waals surface area contributed by atoms with Crippen LogP contribution >= 0.6 is 11.8 Å². The summed E-state index contributed by atoms with van der Waals surface area (Å²) in [6.45, 7) is 6.34. The van der Waals surface area contributed by atoms with E-state index in [4.69, 9.17) is 8.94 Å². The van der Waals surface area contributed by atoms with E-state index >= 15 is 0 Å². The van der Waals surface area contributed by atoms with E-state index in [2.05, 4.69) is 21.9 Å². The number of hydrogen-bond donors (Lipinski definition) is 0. The van der Waals surface area contributed by atoms with Gasteiger partial charge in [0.2, 0.25) is 0 Å². The Bertz CT molecular complexity index is 730. The van der Waals surface area contributed by atoms with Gasteiger partial charge in [-0.2, -0.15) is 0 Å². The zero-order chi connectivity index (χ0) is 14.7. The fourth-order valence-corrected chi connectivity index (χ4v) is 2.80. The fraction of sp³-hybridized carbons (Fsp3) is 0.214. The molecule has 0 spiro atoms. The van der Waals surface area contributed by atoms with Gasteiger partial charge >= 0.3 is 0 Å². The van der Waals surface area contributed by atoms with Crippen molar-refractivity contribution in [3.05, 3.63) is 48.8 Å². The maximum absolute atomic E-state index is 5.34. The zero-order valence-corrected chi connectivity index (χ0v) is 12.3. The van der Waals surface area contributed by atoms with Gasteiger partial charge in [-0.1, -0.05) is 23.0 Å². The molecule has 0 aliphatic rings. The van der Waals surface area contributed by atoms with Gasteiger partial charge in [-0.05, 0) is 13.0 Å². The van der Waals surface area contributed by atoms with Crippen molar-refractivity contribution in [3.8, 4) is 11.4 Å². The van der Waals surface area contributed by atoms with Crippen LogP contribution in [0.3, 0.4) is 0 Å². The first kappa shape index (κ1) is 13.7. The Labute approximate surface area is 125 Å². The third-order valence-corrected chi connectivity index (χ3v) is 3.97. The highest BCUT2D eigenvalue weighted by Gasteiger charge is 2.16. The number of allylic oxidation sites excluding steroid dienone is 1. The lowest BCUT2D eigenvalue weighted by Crippen LogP contribution is -2.00. The number of nitrogens with zero attached hydrogens (tertiary/aromatic N) is 4. The standard InChI is InChI=1S/C14H14N4O2S/c1-3-6-18-13(12-5-7-19-10(12)2)15-16-14(18)21-9-11-4-8-20-17-11/h3-5,7-8H,1,6,9H2,2H3. The first-order chi connectivity index (χ1) is 10.3. The molecule has 0 atom stereocenters. The van der Waals surface area contributed by atoms with Crippen molar-refractivity contribution in [1.29, 1.82) is 0 Å². The number of thioether (sulfide) groups is 1. The maximum Gasteiger partial charge on any atom is 0.192 e. The van der Waals surface area contributed by atoms with Crippen LogP contribution in [0.25, 0.3) is 11.4 Å². The monoisotopic (exact) mass is 302 g/mol. The second-order valence-corrected chi connectivity index (χ2v) is 5.32. The quantitative estimate of drug-likeness (QED) is 0.514. The van der Waals surface area contributed by atoms with Gasteiger partial charge in [-0.15, -0.1) is 16.8 Å². The Morgan fingerprint density at radius 2 is 2.24 bits per heavy atom. The lowest BCUT2D eigenvalue weighted by molar-refractivity contribution is 0.414. The molecule has 0 saturated heterocycles. The average molecular weight is 302 g/mol. The minimum atomic E-state index is 0.633. The summed E-state index contributed by atoms with van der Waals surface area (Å²) in [4.78, 5) is 0. The molecule has 3 rings (SSSR count). The molecular formula is C14H14N4O2S. The minimum absolute atomic E-state index is 0.633. The van der Waals surface area contributed by atoms with Gasteiger partial charge in [0.25, 0.3) is 0 Å². The Kier molecular flexibility index (Phi) is 3.92. The number of furan rings is 1. The van der Waals surface area contributed by atoms with E-state index < -0.39 is 0 Å². The van der Waals surface area contributed by atoms with Crippen LogP contribution in [0.5, 0.6) is 0 Å². The molecule has 0 radical (unpaired) electrons. The van der Waals surface area contributed by atoms with E-state index in [1.165, 1.54) is 0 Å². The maximum atomic E-state index is 5.34. The lowest BCUT2D eigenvalue weighted by atomic mass is 10.2. The Hall–Kier alpha value is -2.28. The fourth-order valence-electron chi connectivity index (χ4n) is 1.96. The molecule has 21 heavy (non-hydrogen) atoms. The zero-order valence-electron chi connectivity index (χ0n) is 11.5. The second kappa shape index (κ2) is 6.01. The summed E-state index contributed by atoms with van der Waals surface area (Å²) < 4.78 is 12.2. The predicted octanol–water partition coefficient (Wildman–Crippen LogP) is 3.31. The summed E-state index contributed by atoms with van der Waals surface area (Å²) in [5, 5.41) is 13.2. The summed E-state index contributed by atoms with van der Waals surface area (Å²) in [5.74, 6) is 2.28. The van der Waals surface area contributed by atoms with Crippen LogP contribution < -0.4 is 0 Å². The van der Waals surface area contributed by atoms with Crippen LogP contribution in [0.15, 0.2) is 51.4 Å². The molecule has 0 N–H and O–H groups in total. The van der Waals surface area contributed by atoms with Crippen molar-refractivity contribution >= 4 is 11.8 Å². The third-order valence-electron chi connectivity index (χ3n) is 2.97. The molecule has 0 aliphatic heterocycles. The molecular weight excluding hydrogens is 288 g/mol. The van der Waals surface area contributed by atoms with Crippen LogP contribution in [0.2, 0.25) is 0 Å². The molecule has 0 amide bonds. The highest BCUT2D eigenvalue weighted by atomic mass is 32.2. The number of rotatable bonds is 6. The van der Waals surface area contributed by atoms with Crippen molar-refractivity contribution < 1.29 is 8.94 Å². The number of aryl methyl sites for hydroxylation is 1.